The maximum atomic E-state index is 12.3. The number of nitrogens with one attached hydrogen (secondary N) is 3. The van der Waals surface area contributed by atoms with Crippen LogP contribution in [0.25, 0.3) is 0 Å². The minimum Gasteiger partial charge on any atom is -0.489 e. The van der Waals surface area contributed by atoms with Gasteiger partial charge in [0.2, 0.25) is 5.91 Å². The highest BCUT2D eigenvalue weighted by Gasteiger charge is 2.43. The molecule has 2 aliphatic rings. The van der Waals surface area contributed by atoms with Crippen molar-refractivity contribution in [1.82, 2.24) is 10.6 Å². The van der Waals surface area contributed by atoms with Crippen LogP contribution in [0.3, 0.4) is 0 Å². The predicted octanol–water partition coefficient (Wildman–Crippen LogP) is 2.11. The largest absolute Gasteiger partial charge is 0.489 e. The SMILES string of the molecule is CNC(=O)[C@@H]1CNCC2Nc3ccc(OCc4ccccc4)cc3C21. The van der Waals surface area contributed by atoms with E-state index < -0.39 is 0 Å². The molecule has 0 spiro atoms. The highest BCUT2D eigenvalue weighted by atomic mass is 16.5. The number of carbonyl (C=O) groups is 1. The number of piperidine rings is 1. The standard InChI is InChI=1S/C20H23N3O2/c1-21-20(24)16-10-22-11-18-19(16)15-9-14(7-8-17(15)23-18)25-12-13-5-3-2-4-6-13/h2-9,16,18-19,22-23H,10-12H2,1H3,(H,21,24)/t16-,18?,19?/m1/s1. The van der Waals surface area contributed by atoms with Crippen LogP contribution >= 0.6 is 0 Å². The van der Waals surface area contributed by atoms with E-state index in [4.69, 9.17) is 4.74 Å². The van der Waals surface area contributed by atoms with Crippen molar-refractivity contribution < 1.29 is 9.53 Å². The van der Waals surface area contributed by atoms with Crippen molar-refractivity contribution in [3.05, 3.63) is 59.7 Å². The molecule has 5 heteroatoms. The molecule has 1 fully saturated rings. The summed E-state index contributed by atoms with van der Waals surface area (Å²) >= 11 is 0. The number of hydrogen-bond donors (Lipinski definition) is 3. The average Bonchev–Trinajstić information content (AvgIpc) is 3.04. The third-order valence-corrected chi connectivity index (χ3v) is 5.15. The van der Waals surface area contributed by atoms with Gasteiger partial charge in [-0.15, -0.1) is 0 Å². The fraction of sp³-hybridized carbons (Fsp3) is 0.350. The van der Waals surface area contributed by atoms with Gasteiger partial charge >= 0.3 is 0 Å². The lowest BCUT2D eigenvalue weighted by molar-refractivity contribution is -0.125. The number of carbonyl (C=O) groups excluding carboxylic acids is 1. The Morgan fingerprint density at radius 1 is 1.20 bits per heavy atom. The molecule has 2 unspecified atom stereocenters. The molecule has 0 aliphatic carbocycles. The van der Waals surface area contributed by atoms with E-state index in [1.807, 2.05) is 24.3 Å². The van der Waals surface area contributed by atoms with Gasteiger partial charge in [0, 0.05) is 37.8 Å². The molecule has 4 rings (SSSR count). The van der Waals surface area contributed by atoms with E-state index in [2.05, 4.69) is 40.2 Å². The average molecular weight is 337 g/mol. The summed E-state index contributed by atoms with van der Waals surface area (Å²) in [4.78, 5) is 12.3. The first-order valence-electron chi connectivity index (χ1n) is 8.76. The normalized spacial score (nSPS) is 24.0. The molecule has 0 radical (unpaired) electrons. The Bertz CT molecular complexity index is 763. The van der Waals surface area contributed by atoms with Crippen molar-refractivity contribution in [3.63, 3.8) is 0 Å². The Balaban J connectivity index is 1.56. The second kappa shape index (κ2) is 6.76. The first-order chi connectivity index (χ1) is 12.3. The highest BCUT2D eigenvalue weighted by molar-refractivity contribution is 5.81. The summed E-state index contributed by atoms with van der Waals surface area (Å²) < 4.78 is 5.98. The van der Waals surface area contributed by atoms with Gasteiger partial charge in [-0.3, -0.25) is 4.79 Å². The van der Waals surface area contributed by atoms with Gasteiger partial charge in [-0.05, 0) is 29.3 Å². The number of amides is 1. The monoisotopic (exact) mass is 337 g/mol. The van der Waals surface area contributed by atoms with Gasteiger partial charge in [-0.1, -0.05) is 30.3 Å². The summed E-state index contributed by atoms with van der Waals surface area (Å²) in [6, 6.07) is 16.5. The van der Waals surface area contributed by atoms with E-state index in [1.54, 1.807) is 7.05 Å². The first-order valence-corrected chi connectivity index (χ1v) is 8.76. The zero-order valence-corrected chi connectivity index (χ0v) is 14.3. The highest BCUT2D eigenvalue weighted by Crippen LogP contribution is 2.43. The van der Waals surface area contributed by atoms with Crippen molar-refractivity contribution >= 4 is 11.6 Å². The fourth-order valence-electron chi connectivity index (χ4n) is 3.92. The molecule has 25 heavy (non-hydrogen) atoms. The molecule has 0 saturated carbocycles. The maximum absolute atomic E-state index is 12.3. The minimum absolute atomic E-state index is 0.0677. The Morgan fingerprint density at radius 2 is 2.04 bits per heavy atom. The fourth-order valence-corrected chi connectivity index (χ4v) is 3.92. The molecule has 2 aromatic carbocycles. The Morgan fingerprint density at radius 3 is 2.84 bits per heavy atom. The van der Waals surface area contributed by atoms with Crippen LogP contribution in [0.1, 0.15) is 17.0 Å². The van der Waals surface area contributed by atoms with Crippen LogP contribution in [-0.2, 0) is 11.4 Å². The number of ether oxygens (including phenoxy) is 1. The van der Waals surface area contributed by atoms with Crippen LogP contribution in [0.2, 0.25) is 0 Å². The maximum Gasteiger partial charge on any atom is 0.224 e. The molecule has 1 saturated heterocycles. The molecular formula is C20H23N3O2. The molecule has 3 atom stereocenters. The van der Waals surface area contributed by atoms with Crippen LogP contribution in [0.4, 0.5) is 5.69 Å². The second-order valence-electron chi connectivity index (χ2n) is 6.68. The van der Waals surface area contributed by atoms with Crippen LogP contribution in [-0.4, -0.2) is 32.1 Å². The first kappa shape index (κ1) is 16.0. The van der Waals surface area contributed by atoms with Crippen molar-refractivity contribution in [2.75, 3.05) is 25.5 Å². The van der Waals surface area contributed by atoms with Gasteiger partial charge in [-0.25, -0.2) is 0 Å². The van der Waals surface area contributed by atoms with E-state index in [0.29, 0.717) is 13.2 Å². The molecule has 5 nitrogen and oxygen atoms in total. The lowest BCUT2D eigenvalue weighted by Crippen LogP contribution is -2.50. The summed E-state index contributed by atoms with van der Waals surface area (Å²) in [7, 11) is 1.70. The van der Waals surface area contributed by atoms with Crippen LogP contribution in [0.15, 0.2) is 48.5 Å². The minimum atomic E-state index is -0.0677. The number of benzene rings is 2. The van der Waals surface area contributed by atoms with E-state index in [0.717, 1.165) is 23.5 Å². The predicted molar refractivity (Wildman–Crippen MR) is 97.8 cm³/mol. The quantitative estimate of drug-likeness (QED) is 0.800. The van der Waals surface area contributed by atoms with E-state index in [1.165, 1.54) is 5.56 Å². The second-order valence-corrected chi connectivity index (χ2v) is 6.68. The lowest BCUT2D eigenvalue weighted by Gasteiger charge is -2.33. The molecular weight excluding hydrogens is 314 g/mol. The molecule has 3 N–H and O–H groups in total. The summed E-state index contributed by atoms with van der Waals surface area (Å²) in [5.74, 6) is 1.05. The third kappa shape index (κ3) is 3.07. The molecule has 2 aliphatic heterocycles. The van der Waals surface area contributed by atoms with Gasteiger partial charge in [-0.2, -0.15) is 0 Å². The Hall–Kier alpha value is -2.53. The van der Waals surface area contributed by atoms with Crippen LogP contribution < -0.4 is 20.7 Å². The van der Waals surface area contributed by atoms with Gasteiger partial charge in [0.05, 0.1) is 5.92 Å². The molecule has 0 bridgehead atoms. The Labute approximate surface area is 147 Å². The van der Waals surface area contributed by atoms with Gasteiger partial charge in [0.15, 0.2) is 0 Å². The summed E-state index contributed by atoms with van der Waals surface area (Å²) in [5.41, 5.74) is 3.44. The van der Waals surface area contributed by atoms with E-state index in [9.17, 15) is 4.79 Å². The smallest absolute Gasteiger partial charge is 0.224 e. The molecule has 130 valence electrons. The van der Waals surface area contributed by atoms with E-state index >= 15 is 0 Å². The van der Waals surface area contributed by atoms with Crippen LogP contribution in [0.5, 0.6) is 5.75 Å². The number of hydrogen-bond acceptors (Lipinski definition) is 4. The summed E-state index contributed by atoms with van der Waals surface area (Å²) in [6.07, 6.45) is 0. The lowest BCUT2D eigenvalue weighted by atomic mass is 9.79. The van der Waals surface area contributed by atoms with E-state index in [-0.39, 0.29) is 23.8 Å². The molecule has 2 aromatic rings. The van der Waals surface area contributed by atoms with Gasteiger partial charge in [0.1, 0.15) is 12.4 Å². The molecule has 2 heterocycles. The third-order valence-electron chi connectivity index (χ3n) is 5.15. The summed E-state index contributed by atoms with van der Waals surface area (Å²) in [6.45, 7) is 2.12. The van der Waals surface area contributed by atoms with Crippen LogP contribution in [0, 0.1) is 5.92 Å². The number of rotatable bonds is 4. The van der Waals surface area contributed by atoms with Crippen molar-refractivity contribution in [1.29, 1.82) is 0 Å². The van der Waals surface area contributed by atoms with Gasteiger partial charge in [0.25, 0.3) is 0 Å². The zero-order valence-electron chi connectivity index (χ0n) is 14.3. The van der Waals surface area contributed by atoms with Crippen molar-refractivity contribution in [3.8, 4) is 5.75 Å². The Kier molecular flexibility index (Phi) is 4.32. The molecule has 0 aromatic heterocycles. The number of anilines is 1. The number of fused-ring (bicyclic) bond motifs is 3. The van der Waals surface area contributed by atoms with Gasteiger partial charge < -0.3 is 20.7 Å². The topological polar surface area (TPSA) is 62.4 Å². The van der Waals surface area contributed by atoms with Crippen molar-refractivity contribution in [2.45, 2.75) is 18.6 Å². The summed E-state index contributed by atoms with van der Waals surface area (Å²) in [5, 5.41) is 9.71. The molecule has 1 amide bonds. The van der Waals surface area contributed by atoms with Crippen molar-refractivity contribution in [2.24, 2.45) is 5.92 Å². The zero-order chi connectivity index (χ0) is 17.2.